The van der Waals surface area contributed by atoms with Gasteiger partial charge in [0.25, 0.3) is 0 Å². The third-order valence-electron chi connectivity index (χ3n) is 1.95. The van der Waals surface area contributed by atoms with Crippen LogP contribution in [0.1, 0.15) is 5.69 Å². The van der Waals surface area contributed by atoms with Crippen LogP contribution in [0, 0.1) is 3.57 Å². The lowest BCUT2D eigenvalue weighted by Gasteiger charge is -2.01. The number of nitrogens with zero attached hydrogens (tertiary/aromatic N) is 1. The zero-order valence-electron chi connectivity index (χ0n) is 7.51. The number of hydrogen-bond donors (Lipinski definition) is 0. The summed E-state index contributed by atoms with van der Waals surface area (Å²) in [5.41, 5.74) is 1.83. The Morgan fingerprint density at radius 1 is 1.47 bits per heavy atom. The summed E-state index contributed by atoms with van der Waals surface area (Å²) < 4.78 is 6.36. The maximum absolute atomic E-state index is 6.04. The molecule has 1 aromatic carbocycles. The molecule has 0 fully saturated rings. The lowest BCUT2D eigenvalue weighted by Crippen LogP contribution is -1.83. The van der Waals surface area contributed by atoms with E-state index in [-0.39, 0.29) is 0 Å². The molecule has 2 aromatic rings. The van der Waals surface area contributed by atoms with Crippen molar-refractivity contribution in [3.8, 4) is 11.3 Å². The largest absolute Gasteiger partial charge is 0.443 e. The number of rotatable bonds is 2. The van der Waals surface area contributed by atoms with E-state index in [4.69, 9.17) is 16.0 Å². The average molecular weight is 398 g/mol. The van der Waals surface area contributed by atoms with Crippen LogP contribution in [0.25, 0.3) is 11.3 Å². The van der Waals surface area contributed by atoms with E-state index in [0.29, 0.717) is 5.33 Å². The Morgan fingerprint density at radius 2 is 2.27 bits per heavy atom. The Morgan fingerprint density at radius 3 is 2.93 bits per heavy atom. The van der Waals surface area contributed by atoms with Crippen molar-refractivity contribution in [1.29, 1.82) is 0 Å². The first-order chi connectivity index (χ1) is 7.22. The Hall–Kier alpha value is -0.0700. The monoisotopic (exact) mass is 397 g/mol. The van der Waals surface area contributed by atoms with Crippen molar-refractivity contribution in [1.82, 2.24) is 4.98 Å². The van der Waals surface area contributed by atoms with Gasteiger partial charge in [-0.25, -0.2) is 4.98 Å². The molecule has 1 aromatic heterocycles. The SMILES string of the molecule is Clc1cc(-c2ocnc2CBr)ccc1I. The highest BCUT2D eigenvalue weighted by Gasteiger charge is 2.10. The summed E-state index contributed by atoms with van der Waals surface area (Å²) >= 11 is 11.6. The normalized spacial score (nSPS) is 10.6. The van der Waals surface area contributed by atoms with Crippen LogP contribution in [0.3, 0.4) is 0 Å². The van der Waals surface area contributed by atoms with Gasteiger partial charge in [-0.1, -0.05) is 33.6 Å². The minimum atomic E-state index is 0.669. The van der Waals surface area contributed by atoms with Crippen LogP contribution in [0.15, 0.2) is 29.0 Å². The van der Waals surface area contributed by atoms with Gasteiger partial charge in [0.1, 0.15) is 0 Å². The summed E-state index contributed by atoms with van der Waals surface area (Å²) in [6.45, 7) is 0. The maximum atomic E-state index is 6.04. The molecule has 5 heteroatoms. The van der Waals surface area contributed by atoms with Gasteiger partial charge in [-0.3, -0.25) is 0 Å². The minimum Gasteiger partial charge on any atom is -0.443 e. The average Bonchev–Trinajstić information content (AvgIpc) is 2.70. The molecule has 0 N–H and O–H groups in total. The number of benzene rings is 1. The summed E-state index contributed by atoms with van der Waals surface area (Å²) in [7, 11) is 0. The second-order valence-corrected chi connectivity index (χ2v) is 5.02. The van der Waals surface area contributed by atoms with Crippen LogP contribution < -0.4 is 0 Å². The molecule has 0 atom stereocenters. The fraction of sp³-hybridized carbons (Fsp3) is 0.100. The van der Waals surface area contributed by atoms with E-state index in [1.807, 2.05) is 18.2 Å². The first kappa shape index (κ1) is 11.4. The van der Waals surface area contributed by atoms with Crippen molar-refractivity contribution < 1.29 is 4.42 Å². The molecular formula is C10H6BrClINO. The fourth-order valence-electron chi connectivity index (χ4n) is 1.24. The van der Waals surface area contributed by atoms with Crippen LogP contribution in [-0.2, 0) is 5.33 Å². The molecule has 0 unspecified atom stereocenters. The molecule has 2 rings (SSSR count). The smallest absolute Gasteiger partial charge is 0.181 e. The lowest BCUT2D eigenvalue weighted by molar-refractivity contribution is 0.571. The molecule has 0 bridgehead atoms. The third kappa shape index (κ3) is 2.37. The van der Waals surface area contributed by atoms with E-state index < -0.39 is 0 Å². The molecule has 0 radical (unpaired) electrons. The molecule has 15 heavy (non-hydrogen) atoms. The Bertz CT molecular complexity index is 486. The van der Waals surface area contributed by atoms with E-state index in [9.17, 15) is 0 Å². The van der Waals surface area contributed by atoms with Crippen LogP contribution >= 0.6 is 50.1 Å². The molecular weight excluding hydrogens is 392 g/mol. The van der Waals surface area contributed by atoms with Crippen LogP contribution in [0.5, 0.6) is 0 Å². The summed E-state index contributed by atoms with van der Waals surface area (Å²) in [6, 6.07) is 5.81. The maximum Gasteiger partial charge on any atom is 0.181 e. The van der Waals surface area contributed by atoms with Gasteiger partial charge in [-0.15, -0.1) is 0 Å². The summed E-state index contributed by atoms with van der Waals surface area (Å²) in [4.78, 5) is 4.10. The van der Waals surface area contributed by atoms with E-state index in [2.05, 4.69) is 43.5 Å². The second-order valence-electron chi connectivity index (χ2n) is 2.89. The Balaban J connectivity index is 2.50. The fourth-order valence-corrected chi connectivity index (χ4v) is 2.15. The molecule has 0 spiro atoms. The van der Waals surface area contributed by atoms with Crippen molar-refractivity contribution in [3.63, 3.8) is 0 Å². The zero-order chi connectivity index (χ0) is 10.8. The first-order valence-corrected chi connectivity index (χ1v) is 6.74. The van der Waals surface area contributed by atoms with E-state index in [1.54, 1.807) is 0 Å². The molecule has 0 saturated carbocycles. The van der Waals surface area contributed by atoms with Crippen molar-refractivity contribution >= 4 is 50.1 Å². The molecule has 0 saturated heterocycles. The molecule has 1 heterocycles. The minimum absolute atomic E-state index is 0.669. The third-order valence-corrected chi connectivity index (χ3v) is 4.05. The highest BCUT2D eigenvalue weighted by molar-refractivity contribution is 14.1. The molecule has 78 valence electrons. The number of aromatic nitrogens is 1. The quantitative estimate of drug-likeness (QED) is 0.550. The van der Waals surface area contributed by atoms with Crippen LogP contribution in [-0.4, -0.2) is 4.98 Å². The van der Waals surface area contributed by atoms with E-state index in [0.717, 1.165) is 25.6 Å². The number of hydrogen-bond acceptors (Lipinski definition) is 2. The number of oxazole rings is 1. The molecule has 0 aliphatic heterocycles. The van der Waals surface area contributed by atoms with Crippen LogP contribution in [0.4, 0.5) is 0 Å². The lowest BCUT2D eigenvalue weighted by atomic mass is 10.1. The summed E-state index contributed by atoms with van der Waals surface area (Å²) in [6.07, 6.45) is 1.44. The van der Waals surface area contributed by atoms with Gasteiger partial charge in [0.05, 0.1) is 10.7 Å². The van der Waals surface area contributed by atoms with E-state index in [1.165, 1.54) is 6.39 Å². The summed E-state index contributed by atoms with van der Waals surface area (Å²) in [5, 5.41) is 1.40. The van der Waals surface area contributed by atoms with E-state index >= 15 is 0 Å². The molecule has 0 amide bonds. The predicted molar refractivity (Wildman–Crippen MR) is 72.3 cm³/mol. The van der Waals surface area contributed by atoms with Crippen molar-refractivity contribution in [3.05, 3.63) is 38.9 Å². The van der Waals surface area contributed by atoms with Crippen LogP contribution in [0.2, 0.25) is 5.02 Å². The van der Waals surface area contributed by atoms with Crippen molar-refractivity contribution in [2.24, 2.45) is 0 Å². The second kappa shape index (κ2) is 4.84. The van der Waals surface area contributed by atoms with Gasteiger partial charge in [0.2, 0.25) is 0 Å². The predicted octanol–water partition coefficient (Wildman–Crippen LogP) is 4.49. The zero-order valence-corrected chi connectivity index (χ0v) is 12.0. The van der Waals surface area contributed by atoms with Gasteiger partial charge in [0.15, 0.2) is 12.2 Å². The molecule has 0 aliphatic rings. The number of alkyl halides is 1. The van der Waals surface area contributed by atoms with Gasteiger partial charge in [0, 0.05) is 14.5 Å². The highest BCUT2D eigenvalue weighted by atomic mass is 127. The van der Waals surface area contributed by atoms with Crippen molar-refractivity contribution in [2.75, 3.05) is 0 Å². The van der Waals surface area contributed by atoms with Gasteiger partial charge < -0.3 is 4.42 Å². The number of halogens is 3. The molecule has 2 nitrogen and oxygen atoms in total. The van der Waals surface area contributed by atoms with Gasteiger partial charge in [-0.2, -0.15) is 0 Å². The Labute approximate surface area is 114 Å². The first-order valence-electron chi connectivity index (χ1n) is 4.16. The van der Waals surface area contributed by atoms with Gasteiger partial charge in [-0.05, 0) is 34.7 Å². The standard InChI is InChI=1S/C10H6BrClINO/c11-4-9-10(15-5-14-9)6-1-2-8(13)7(12)3-6/h1-3,5H,4H2. The highest BCUT2D eigenvalue weighted by Crippen LogP contribution is 2.29. The topological polar surface area (TPSA) is 26.0 Å². The Kier molecular flexibility index (Phi) is 3.69. The van der Waals surface area contributed by atoms with Gasteiger partial charge >= 0.3 is 0 Å². The molecule has 0 aliphatic carbocycles. The summed E-state index contributed by atoms with van der Waals surface area (Å²) in [5.74, 6) is 0.769. The van der Waals surface area contributed by atoms with Crippen molar-refractivity contribution in [2.45, 2.75) is 5.33 Å².